The number of benzene rings is 6. The van der Waals surface area contributed by atoms with Crippen molar-refractivity contribution in [2.24, 2.45) is 0 Å². The van der Waals surface area contributed by atoms with Crippen molar-refractivity contribution in [1.82, 2.24) is 9.55 Å². The molecule has 3 aromatic heterocycles. The molecule has 0 N–H and O–H groups in total. The monoisotopic (exact) mass is 577 g/mol. The normalized spacial score (nSPS) is 11.6. The summed E-state index contributed by atoms with van der Waals surface area (Å²) in [5, 5.41) is 4.58. The largest absolute Gasteiger partial charge is 0.454 e. The Bertz CT molecular complexity index is 2450. The second kappa shape index (κ2) is 10.2. The maximum atomic E-state index is 6.47. The molecule has 6 aromatic carbocycles. The fourth-order valence-corrected chi connectivity index (χ4v) is 6.66. The summed E-state index contributed by atoms with van der Waals surface area (Å²) in [5.41, 5.74) is 10.6. The molecule has 4 nitrogen and oxygen atoms in total. The summed E-state index contributed by atoms with van der Waals surface area (Å²) in [7, 11) is 0. The van der Waals surface area contributed by atoms with Crippen molar-refractivity contribution >= 4 is 60.8 Å². The van der Waals surface area contributed by atoms with Gasteiger partial charge in [0.25, 0.3) is 0 Å². The zero-order valence-electron chi connectivity index (χ0n) is 24.3. The highest BCUT2D eigenvalue weighted by Crippen LogP contribution is 2.42. The highest BCUT2D eigenvalue weighted by atomic mass is 16.3. The van der Waals surface area contributed by atoms with Crippen LogP contribution < -0.4 is 4.90 Å². The highest BCUT2D eigenvalue weighted by molar-refractivity contribution is 6.10. The molecule has 0 saturated carbocycles. The summed E-state index contributed by atoms with van der Waals surface area (Å²) in [6.07, 6.45) is 3.65. The van der Waals surface area contributed by atoms with Crippen LogP contribution in [-0.4, -0.2) is 9.55 Å². The molecular formula is C41H27N3O. The number of para-hydroxylation sites is 4. The molecule has 0 aliphatic carbocycles. The van der Waals surface area contributed by atoms with Crippen LogP contribution in [0.3, 0.4) is 0 Å². The summed E-state index contributed by atoms with van der Waals surface area (Å²) in [6, 6.07) is 53.6. The van der Waals surface area contributed by atoms with E-state index >= 15 is 0 Å². The zero-order valence-corrected chi connectivity index (χ0v) is 24.3. The summed E-state index contributed by atoms with van der Waals surface area (Å²) < 4.78 is 8.83. The average Bonchev–Trinajstić information content (AvgIpc) is 3.66. The number of anilines is 3. The van der Waals surface area contributed by atoms with E-state index in [0.717, 1.165) is 55.8 Å². The van der Waals surface area contributed by atoms with Gasteiger partial charge in [-0.25, -0.2) is 0 Å². The van der Waals surface area contributed by atoms with Crippen LogP contribution in [0.5, 0.6) is 0 Å². The van der Waals surface area contributed by atoms with Gasteiger partial charge in [0.05, 0.1) is 16.7 Å². The van der Waals surface area contributed by atoms with E-state index in [0.29, 0.717) is 0 Å². The van der Waals surface area contributed by atoms with Gasteiger partial charge in [-0.1, -0.05) is 91.0 Å². The molecular weight excluding hydrogens is 550 g/mol. The van der Waals surface area contributed by atoms with Gasteiger partial charge < -0.3 is 13.9 Å². The molecule has 45 heavy (non-hydrogen) atoms. The van der Waals surface area contributed by atoms with Crippen molar-refractivity contribution in [3.63, 3.8) is 0 Å². The number of hydrogen-bond acceptors (Lipinski definition) is 3. The van der Waals surface area contributed by atoms with E-state index in [9.17, 15) is 0 Å². The standard InChI is InChI=1S/C41H27N3O/c1-2-13-30(14-3-1)43(39-22-10-19-35-36-27-42-24-23-40(36)45-41(35)39)31-15-8-11-28(25-31)29-12-9-16-32(26-29)44-37-20-6-4-17-33(37)34-18-5-7-21-38(34)44/h1-27H. The van der Waals surface area contributed by atoms with E-state index in [1.165, 1.54) is 21.8 Å². The number of pyridine rings is 1. The Hall–Kier alpha value is -6.13. The van der Waals surface area contributed by atoms with Crippen molar-refractivity contribution in [3.05, 3.63) is 164 Å². The van der Waals surface area contributed by atoms with Crippen molar-refractivity contribution in [1.29, 1.82) is 0 Å². The number of aromatic nitrogens is 2. The molecule has 0 radical (unpaired) electrons. The average molecular weight is 578 g/mol. The molecule has 0 bridgehead atoms. The van der Waals surface area contributed by atoms with Gasteiger partial charge in [-0.2, -0.15) is 0 Å². The van der Waals surface area contributed by atoms with Crippen LogP contribution in [0.4, 0.5) is 17.1 Å². The lowest BCUT2D eigenvalue weighted by Gasteiger charge is -2.26. The number of nitrogens with zero attached hydrogens (tertiary/aromatic N) is 3. The molecule has 0 aliphatic heterocycles. The quantitative estimate of drug-likeness (QED) is 0.204. The van der Waals surface area contributed by atoms with Gasteiger partial charge in [-0.05, 0) is 71.8 Å². The van der Waals surface area contributed by atoms with Crippen LogP contribution in [0.15, 0.2) is 168 Å². The number of furan rings is 1. The molecule has 212 valence electrons. The lowest BCUT2D eigenvalue weighted by molar-refractivity contribution is 0.668. The van der Waals surface area contributed by atoms with Gasteiger partial charge in [0, 0.05) is 51.0 Å². The van der Waals surface area contributed by atoms with E-state index in [1.54, 1.807) is 6.20 Å². The fraction of sp³-hybridized carbons (Fsp3) is 0. The molecule has 3 heterocycles. The Balaban J connectivity index is 1.21. The van der Waals surface area contributed by atoms with E-state index in [1.807, 2.05) is 18.3 Å². The third kappa shape index (κ3) is 4.11. The van der Waals surface area contributed by atoms with Gasteiger partial charge in [0.15, 0.2) is 5.58 Å². The van der Waals surface area contributed by atoms with Gasteiger partial charge in [-0.3, -0.25) is 4.98 Å². The fourth-order valence-electron chi connectivity index (χ4n) is 6.66. The van der Waals surface area contributed by atoms with Crippen LogP contribution in [0, 0.1) is 0 Å². The second-order valence-electron chi connectivity index (χ2n) is 11.3. The van der Waals surface area contributed by atoms with Crippen LogP contribution in [0.25, 0.3) is 60.6 Å². The first-order chi connectivity index (χ1) is 22.3. The molecule has 0 unspecified atom stereocenters. The molecule has 9 rings (SSSR count). The summed E-state index contributed by atoms with van der Waals surface area (Å²) >= 11 is 0. The molecule has 4 heteroatoms. The molecule has 0 aliphatic rings. The van der Waals surface area contributed by atoms with Crippen molar-refractivity contribution in [2.45, 2.75) is 0 Å². The predicted molar refractivity (Wildman–Crippen MR) is 186 cm³/mol. The predicted octanol–water partition coefficient (Wildman–Crippen LogP) is 11.2. The first-order valence-corrected chi connectivity index (χ1v) is 15.1. The van der Waals surface area contributed by atoms with Crippen molar-refractivity contribution in [3.8, 4) is 16.8 Å². The van der Waals surface area contributed by atoms with Gasteiger partial charge in [0.2, 0.25) is 0 Å². The van der Waals surface area contributed by atoms with Crippen LogP contribution >= 0.6 is 0 Å². The van der Waals surface area contributed by atoms with Gasteiger partial charge in [0.1, 0.15) is 5.58 Å². The Kier molecular flexibility index (Phi) is 5.78. The second-order valence-corrected chi connectivity index (χ2v) is 11.3. The summed E-state index contributed by atoms with van der Waals surface area (Å²) in [5.74, 6) is 0. The summed E-state index contributed by atoms with van der Waals surface area (Å²) in [4.78, 5) is 6.63. The topological polar surface area (TPSA) is 34.2 Å². The van der Waals surface area contributed by atoms with Crippen LogP contribution in [0.1, 0.15) is 0 Å². The minimum absolute atomic E-state index is 0.830. The first kappa shape index (κ1) is 25.4. The SMILES string of the molecule is c1ccc(N(c2cccc(-c3cccc(-n4c5ccccc5c5ccccc54)c3)c2)c2cccc3c2oc2ccncc23)cc1. The van der Waals surface area contributed by atoms with E-state index in [4.69, 9.17) is 4.42 Å². The molecule has 0 amide bonds. The molecule has 0 spiro atoms. The Morgan fingerprint density at radius 2 is 1.16 bits per heavy atom. The first-order valence-electron chi connectivity index (χ1n) is 15.1. The minimum Gasteiger partial charge on any atom is -0.454 e. The molecule has 0 fully saturated rings. The van der Waals surface area contributed by atoms with Crippen LogP contribution in [-0.2, 0) is 0 Å². The van der Waals surface area contributed by atoms with Crippen molar-refractivity contribution < 1.29 is 4.42 Å². The zero-order chi connectivity index (χ0) is 29.7. The number of rotatable bonds is 5. The number of fused-ring (bicyclic) bond motifs is 6. The molecule has 9 aromatic rings. The lowest BCUT2D eigenvalue weighted by atomic mass is 10.0. The number of hydrogen-bond donors (Lipinski definition) is 0. The third-order valence-electron chi connectivity index (χ3n) is 8.65. The summed E-state index contributed by atoms with van der Waals surface area (Å²) in [6.45, 7) is 0. The smallest absolute Gasteiger partial charge is 0.159 e. The maximum Gasteiger partial charge on any atom is 0.159 e. The Labute approximate surface area is 260 Å². The molecule has 0 atom stereocenters. The highest BCUT2D eigenvalue weighted by Gasteiger charge is 2.20. The van der Waals surface area contributed by atoms with E-state index in [-0.39, 0.29) is 0 Å². The van der Waals surface area contributed by atoms with Crippen molar-refractivity contribution in [2.75, 3.05) is 4.90 Å². The van der Waals surface area contributed by atoms with Gasteiger partial charge in [-0.15, -0.1) is 0 Å². The lowest BCUT2D eigenvalue weighted by Crippen LogP contribution is -2.10. The van der Waals surface area contributed by atoms with E-state index in [2.05, 4.69) is 154 Å². The third-order valence-corrected chi connectivity index (χ3v) is 8.65. The Morgan fingerprint density at radius 1 is 0.511 bits per heavy atom. The minimum atomic E-state index is 0.830. The maximum absolute atomic E-state index is 6.47. The molecule has 0 saturated heterocycles. The Morgan fingerprint density at radius 3 is 1.96 bits per heavy atom. The van der Waals surface area contributed by atoms with Gasteiger partial charge >= 0.3 is 0 Å². The van der Waals surface area contributed by atoms with E-state index < -0.39 is 0 Å². The van der Waals surface area contributed by atoms with Crippen LogP contribution in [0.2, 0.25) is 0 Å².